The van der Waals surface area contributed by atoms with Crippen molar-refractivity contribution in [3.05, 3.63) is 29.3 Å². The summed E-state index contributed by atoms with van der Waals surface area (Å²) in [6.45, 7) is 0.970. The number of likely N-dealkylation sites (tertiary alicyclic amines) is 1. The van der Waals surface area contributed by atoms with Gasteiger partial charge in [-0.25, -0.2) is 4.79 Å². The minimum Gasteiger partial charge on any atom is -0.481 e. The number of carbonyl (C=O) groups is 2. The number of urea groups is 1. The molecule has 2 amide bonds. The highest BCUT2D eigenvalue weighted by molar-refractivity contribution is 6.30. The van der Waals surface area contributed by atoms with E-state index in [1.165, 1.54) is 0 Å². The number of halogens is 1. The molecule has 96 valence electrons. The summed E-state index contributed by atoms with van der Waals surface area (Å²) in [7, 11) is 0. The SMILES string of the molecule is O=C(O)CC1CN(C(=O)Nc2cccc(Cl)c2)C1. The van der Waals surface area contributed by atoms with Crippen LogP contribution in [0.5, 0.6) is 0 Å². The molecule has 0 atom stereocenters. The van der Waals surface area contributed by atoms with E-state index in [9.17, 15) is 9.59 Å². The molecule has 1 saturated heterocycles. The second-order valence-corrected chi connectivity index (χ2v) is 4.75. The Morgan fingerprint density at radius 3 is 2.78 bits per heavy atom. The van der Waals surface area contributed by atoms with Gasteiger partial charge in [-0.1, -0.05) is 17.7 Å². The third-order valence-corrected chi connectivity index (χ3v) is 3.02. The average molecular weight is 269 g/mol. The highest BCUT2D eigenvalue weighted by Gasteiger charge is 2.31. The van der Waals surface area contributed by atoms with Crippen LogP contribution in [0, 0.1) is 5.92 Å². The second kappa shape index (κ2) is 5.27. The number of carboxylic acids is 1. The molecule has 1 aromatic rings. The molecule has 0 aliphatic carbocycles. The molecule has 1 fully saturated rings. The van der Waals surface area contributed by atoms with Gasteiger partial charge in [-0.3, -0.25) is 4.79 Å². The lowest BCUT2D eigenvalue weighted by molar-refractivity contribution is -0.139. The van der Waals surface area contributed by atoms with E-state index >= 15 is 0 Å². The molecule has 6 heteroatoms. The number of amides is 2. The molecular formula is C12H13ClN2O3. The number of nitrogens with zero attached hydrogens (tertiary/aromatic N) is 1. The molecule has 1 aromatic carbocycles. The second-order valence-electron chi connectivity index (χ2n) is 4.31. The molecule has 0 spiro atoms. The van der Waals surface area contributed by atoms with Gasteiger partial charge >= 0.3 is 12.0 Å². The normalized spacial score (nSPS) is 15.1. The van der Waals surface area contributed by atoms with Crippen molar-refractivity contribution in [3.8, 4) is 0 Å². The third-order valence-electron chi connectivity index (χ3n) is 2.78. The molecule has 1 heterocycles. The van der Waals surface area contributed by atoms with Crippen LogP contribution in [0.25, 0.3) is 0 Å². The van der Waals surface area contributed by atoms with E-state index < -0.39 is 5.97 Å². The number of hydrogen-bond acceptors (Lipinski definition) is 2. The predicted octanol–water partition coefficient (Wildman–Crippen LogP) is 2.28. The van der Waals surface area contributed by atoms with E-state index in [4.69, 9.17) is 16.7 Å². The zero-order chi connectivity index (χ0) is 13.1. The van der Waals surface area contributed by atoms with Crippen molar-refractivity contribution < 1.29 is 14.7 Å². The zero-order valence-corrected chi connectivity index (χ0v) is 10.4. The summed E-state index contributed by atoms with van der Waals surface area (Å²) in [5, 5.41) is 11.9. The van der Waals surface area contributed by atoms with Crippen LogP contribution in [-0.4, -0.2) is 35.1 Å². The topological polar surface area (TPSA) is 69.6 Å². The van der Waals surface area contributed by atoms with Gasteiger partial charge in [0.1, 0.15) is 0 Å². The van der Waals surface area contributed by atoms with Gasteiger partial charge in [0, 0.05) is 29.7 Å². The van der Waals surface area contributed by atoms with Gasteiger partial charge in [-0.15, -0.1) is 0 Å². The number of benzene rings is 1. The molecule has 5 nitrogen and oxygen atoms in total. The highest BCUT2D eigenvalue weighted by atomic mass is 35.5. The third kappa shape index (κ3) is 3.13. The Bertz CT molecular complexity index is 472. The number of nitrogens with one attached hydrogen (secondary N) is 1. The Balaban J connectivity index is 1.82. The van der Waals surface area contributed by atoms with Gasteiger partial charge in [-0.2, -0.15) is 0 Å². The van der Waals surface area contributed by atoms with Crippen molar-refractivity contribution >= 4 is 29.3 Å². The van der Waals surface area contributed by atoms with Crippen LogP contribution in [0.1, 0.15) is 6.42 Å². The van der Waals surface area contributed by atoms with Gasteiger partial charge in [0.25, 0.3) is 0 Å². The lowest BCUT2D eigenvalue weighted by Crippen LogP contribution is -2.52. The highest BCUT2D eigenvalue weighted by Crippen LogP contribution is 2.21. The lowest BCUT2D eigenvalue weighted by atomic mass is 9.97. The first-order valence-electron chi connectivity index (χ1n) is 5.58. The fourth-order valence-corrected chi connectivity index (χ4v) is 2.07. The summed E-state index contributed by atoms with van der Waals surface area (Å²) in [4.78, 5) is 23.8. The lowest BCUT2D eigenvalue weighted by Gasteiger charge is -2.38. The minimum atomic E-state index is -0.824. The number of carbonyl (C=O) groups excluding carboxylic acids is 1. The van der Waals surface area contributed by atoms with Crippen LogP contribution in [-0.2, 0) is 4.79 Å². The Labute approximate surface area is 109 Å². The van der Waals surface area contributed by atoms with Crippen molar-refractivity contribution in [2.75, 3.05) is 18.4 Å². The first-order chi connectivity index (χ1) is 8.54. The number of rotatable bonds is 3. The van der Waals surface area contributed by atoms with Crippen LogP contribution in [0.2, 0.25) is 5.02 Å². The maximum Gasteiger partial charge on any atom is 0.321 e. The quantitative estimate of drug-likeness (QED) is 0.884. The molecule has 0 unspecified atom stereocenters. The summed E-state index contributed by atoms with van der Waals surface area (Å²) in [6.07, 6.45) is 0.112. The minimum absolute atomic E-state index is 0.0626. The first-order valence-corrected chi connectivity index (χ1v) is 5.95. The predicted molar refractivity (Wildman–Crippen MR) is 67.8 cm³/mol. The molecule has 0 bridgehead atoms. The summed E-state index contributed by atoms with van der Waals surface area (Å²) in [5.41, 5.74) is 0.634. The van der Waals surface area contributed by atoms with E-state index in [2.05, 4.69) is 5.32 Å². The van der Waals surface area contributed by atoms with Gasteiger partial charge in [0.15, 0.2) is 0 Å². The van der Waals surface area contributed by atoms with Crippen LogP contribution >= 0.6 is 11.6 Å². The van der Waals surface area contributed by atoms with E-state index in [-0.39, 0.29) is 18.4 Å². The Morgan fingerprint density at radius 2 is 2.17 bits per heavy atom. The molecule has 0 saturated carbocycles. The number of hydrogen-bond donors (Lipinski definition) is 2. The number of anilines is 1. The molecule has 2 N–H and O–H groups in total. The molecule has 1 aliphatic heterocycles. The van der Waals surface area contributed by atoms with E-state index in [1.807, 2.05) is 0 Å². The fourth-order valence-electron chi connectivity index (χ4n) is 1.88. The van der Waals surface area contributed by atoms with Crippen molar-refractivity contribution in [1.29, 1.82) is 0 Å². The molecule has 0 aromatic heterocycles. The van der Waals surface area contributed by atoms with Crippen LogP contribution in [0.3, 0.4) is 0 Å². The van der Waals surface area contributed by atoms with Crippen LogP contribution < -0.4 is 5.32 Å². The molecular weight excluding hydrogens is 256 g/mol. The first kappa shape index (κ1) is 12.7. The Kier molecular flexibility index (Phi) is 3.72. The summed E-state index contributed by atoms with van der Waals surface area (Å²) in [6, 6.07) is 6.66. The Morgan fingerprint density at radius 1 is 1.44 bits per heavy atom. The maximum atomic E-state index is 11.8. The maximum absolute atomic E-state index is 11.8. The van der Waals surface area contributed by atoms with Crippen molar-refractivity contribution in [1.82, 2.24) is 4.90 Å². The summed E-state index contributed by atoms with van der Waals surface area (Å²) >= 11 is 5.81. The van der Waals surface area contributed by atoms with Crippen LogP contribution in [0.4, 0.5) is 10.5 Å². The zero-order valence-electron chi connectivity index (χ0n) is 9.60. The molecule has 18 heavy (non-hydrogen) atoms. The van der Waals surface area contributed by atoms with Crippen molar-refractivity contribution in [3.63, 3.8) is 0 Å². The van der Waals surface area contributed by atoms with Gasteiger partial charge in [0.2, 0.25) is 0 Å². The van der Waals surface area contributed by atoms with Crippen molar-refractivity contribution in [2.45, 2.75) is 6.42 Å². The number of aliphatic carboxylic acids is 1. The fraction of sp³-hybridized carbons (Fsp3) is 0.333. The summed E-state index contributed by atoms with van der Waals surface area (Å²) < 4.78 is 0. The molecule has 1 aliphatic rings. The molecule has 0 radical (unpaired) electrons. The van der Waals surface area contributed by atoms with E-state index in [0.29, 0.717) is 23.8 Å². The standard InChI is InChI=1S/C12H13ClN2O3/c13-9-2-1-3-10(5-9)14-12(18)15-6-8(7-15)4-11(16)17/h1-3,5,8H,4,6-7H2,(H,14,18)(H,16,17). The van der Waals surface area contributed by atoms with Gasteiger partial charge in [-0.05, 0) is 18.2 Å². The summed E-state index contributed by atoms with van der Waals surface area (Å²) in [5.74, 6) is -0.762. The number of carboxylic acid groups (broad SMARTS) is 1. The van der Waals surface area contributed by atoms with Gasteiger partial charge in [0.05, 0.1) is 6.42 Å². The Hall–Kier alpha value is -1.75. The van der Waals surface area contributed by atoms with Crippen molar-refractivity contribution in [2.24, 2.45) is 5.92 Å². The van der Waals surface area contributed by atoms with E-state index in [0.717, 1.165) is 0 Å². The van der Waals surface area contributed by atoms with E-state index in [1.54, 1.807) is 29.2 Å². The van der Waals surface area contributed by atoms with Gasteiger partial charge < -0.3 is 15.3 Å². The largest absolute Gasteiger partial charge is 0.481 e. The smallest absolute Gasteiger partial charge is 0.321 e. The monoisotopic (exact) mass is 268 g/mol. The van der Waals surface area contributed by atoms with Crippen LogP contribution in [0.15, 0.2) is 24.3 Å². The molecule has 2 rings (SSSR count). The average Bonchev–Trinajstić information content (AvgIpc) is 2.22.